The number of anilines is 2. The number of alkyl halides is 5. The standard InChI is InChI=1S/C27H23F5N4O3S2/c28-26(29)14-4-1-5-15-33-21-12-7-13-22(34-21)41(37,38)36-25-35-23(19-10-2-3-11-20(19)26)24(40-25)17-8-6-9-18(16-17)39-27(30,31)32/h2-3,6-13,16H,1,4-5,14-15H2,(H,33,34)(H,35,36). The molecule has 2 aromatic carbocycles. The Morgan fingerprint density at radius 3 is 2.51 bits per heavy atom. The minimum Gasteiger partial charge on any atom is -0.406 e. The van der Waals surface area contributed by atoms with E-state index in [1.165, 1.54) is 48.5 Å². The first-order valence-corrected chi connectivity index (χ1v) is 14.8. The van der Waals surface area contributed by atoms with Crippen LogP contribution in [0.3, 0.4) is 0 Å². The summed E-state index contributed by atoms with van der Waals surface area (Å²) in [5.74, 6) is -3.48. The van der Waals surface area contributed by atoms with Crippen LogP contribution in [0.5, 0.6) is 5.75 Å². The maximum atomic E-state index is 15.6. The van der Waals surface area contributed by atoms with Crippen LogP contribution >= 0.6 is 11.3 Å². The zero-order valence-corrected chi connectivity index (χ0v) is 22.8. The Kier molecular flexibility index (Phi) is 7.88. The highest BCUT2D eigenvalue weighted by Gasteiger charge is 2.35. The van der Waals surface area contributed by atoms with E-state index in [9.17, 15) is 21.6 Å². The lowest BCUT2D eigenvalue weighted by Crippen LogP contribution is -2.17. The number of hydrogen-bond acceptors (Lipinski definition) is 7. The third-order valence-corrected chi connectivity index (χ3v) is 8.62. The van der Waals surface area contributed by atoms with Crippen molar-refractivity contribution < 1.29 is 35.1 Å². The first kappa shape index (κ1) is 28.7. The molecule has 41 heavy (non-hydrogen) atoms. The van der Waals surface area contributed by atoms with Gasteiger partial charge in [0.1, 0.15) is 11.6 Å². The molecule has 2 aromatic heterocycles. The fourth-order valence-corrected chi connectivity index (χ4v) is 6.59. The summed E-state index contributed by atoms with van der Waals surface area (Å²) in [6.45, 7) is 0.419. The van der Waals surface area contributed by atoms with Gasteiger partial charge in [-0.3, -0.25) is 4.72 Å². The molecular weight excluding hydrogens is 587 g/mol. The Morgan fingerprint density at radius 1 is 0.927 bits per heavy atom. The van der Waals surface area contributed by atoms with Crippen LogP contribution in [0.1, 0.15) is 31.2 Å². The van der Waals surface area contributed by atoms with Crippen molar-refractivity contribution >= 4 is 32.3 Å². The molecule has 5 rings (SSSR count). The Labute approximate surface area is 236 Å². The number of sulfonamides is 1. The number of benzene rings is 2. The number of nitrogens with zero attached hydrogens (tertiary/aromatic N) is 2. The number of fused-ring (bicyclic) bond motifs is 6. The lowest BCUT2D eigenvalue weighted by molar-refractivity contribution is -0.274. The van der Waals surface area contributed by atoms with Crippen molar-refractivity contribution in [2.24, 2.45) is 0 Å². The van der Waals surface area contributed by atoms with Crippen LogP contribution in [0.2, 0.25) is 0 Å². The lowest BCUT2D eigenvalue weighted by atomic mass is 9.94. The second kappa shape index (κ2) is 11.2. The average molecular weight is 611 g/mol. The molecule has 1 aliphatic rings. The van der Waals surface area contributed by atoms with Gasteiger partial charge < -0.3 is 10.1 Å². The zero-order valence-electron chi connectivity index (χ0n) is 21.2. The molecular formula is C27H23F5N4O3S2. The number of pyridine rings is 1. The van der Waals surface area contributed by atoms with Crippen LogP contribution < -0.4 is 14.8 Å². The molecule has 14 heteroatoms. The van der Waals surface area contributed by atoms with Gasteiger partial charge in [0.2, 0.25) is 0 Å². The maximum absolute atomic E-state index is 15.6. The minimum absolute atomic E-state index is 0.0140. The summed E-state index contributed by atoms with van der Waals surface area (Å²) in [7, 11) is -4.27. The van der Waals surface area contributed by atoms with E-state index < -0.39 is 34.5 Å². The summed E-state index contributed by atoms with van der Waals surface area (Å²) in [4.78, 5) is 8.69. The van der Waals surface area contributed by atoms with E-state index in [0.717, 1.165) is 23.5 Å². The second-order valence-electron chi connectivity index (χ2n) is 9.23. The topological polar surface area (TPSA) is 93.2 Å². The highest BCUT2D eigenvalue weighted by Crippen LogP contribution is 2.46. The Balaban J connectivity index is 1.68. The largest absolute Gasteiger partial charge is 0.573 e. The molecule has 0 atom stereocenters. The van der Waals surface area contributed by atoms with Gasteiger partial charge in [-0.2, -0.15) is 8.42 Å². The van der Waals surface area contributed by atoms with E-state index in [2.05, 4.69) is 24.7 Å². The molecule has 4 aromatic rings. The molecule has 0 saturated heterocycles. The molecule has 0 saturated carbocycles. The van der Waals surface area contributed by atoms with Crippen LogP contribution in [0, 0.1) is 0 Å². The number of nitrogens with one attached hydrogen (secondary N) is 2. The van der Waals surface area contributed by atoms with E-state index in [1.54, 1.807) is 6.07 Å². The third kappa shape index (κ3) is 6.76. The second-order valence-corrected chi connectivity index (χ2v) is 11.9. The van der Waals surface area contributed by atoms with Crippen LogP contribution in [-0.4, -0.2) is 31.3 Å². The molecule has 7 nitrogen and oxygen atoms in total. The van der Waals surface area contributed by atoms with Crippen molar-refractivity contribution in [1.29, 1.82) is 0 Å². The van der Waals surface area contributed by atoms with Crippen molar-refractivity contribution in [2.45, 2.75) is 43.0 Å². The molecule has 2 N–H and O–H groups in total. The van der Waals surface area contributed by atoms with Gasteiger partial charge in [-0.1, -0.05) is 60.2 Å². The Hall–Kier alpha value is -3.78. The fraction of sp³-hybridized carbons (Fsp3) is 0.259. The summed E-state index contributed by atoms with van der Waals surface area (Å²) in [5, 5.41) is 2.54. The molecule has 3 heterocycles. The molecule has 4 bridgehead atoms. The van der Waals surface area contributed by atoms with Crippen LogP contribution in [0.4, 0.5) is 32.9 Å². The van der Waals surface area contributed by atoms with Gasteiger partial charge in [0, 0.05) is 24.1 Å². The Morgan fingerprint density at radius 2 is 1.71 bits per heavy atom. The van der Waals surface area contributed by atoms with Crippen molar-refractivity contribution in [3.63, 3.8) is 0 Å². The number of hydrogen-bond donors (Lipinski definition) is 2. The number of aromatic nitrogens is 2. The SMILES string of the molecule is O=S1(=O)Nc2nc(c(-c3cccc(OC(F)(F)F)c3)s2)-c2ccccc2C(F)(F)CCCCCNc2cccc1n2. The van der Waals surface area contributed by atoms with Crippen molar-refractivity contribution in [3.8, 4) is 27.4 Å². The van der Waals surface area contributed by atoms with Crippen molar-refractivity contribution in [1.82, 2.24) is 9.97 Å². The van der Waals surface area contributed by atoms with E-state index in [-0.39, 0.29) is 43.8 Å². The van der Waals surface area contributed by atoms with Crippen LogP contribution in [0.25, 0.3) is 21.7 Å². The quantitative estimate of drug-likeness (QED) is 0.227. The zero-order chi connectivity index (χ0) is 29.3. The molecule has 0 fully saturated rings. The summed E-state index contributed by atoms with van der Waals surface area (Å²) < 4.78 is 103. The molecule has 0 amide bonds. The van der Waals surface area contributed by atoms with Gasteiger partial charge >= 0.3 is 6.36 Å². The molecule has 0 unspecified atom stereocenters. The average Bonchev–Trinajstić information content (AvgIpc) is 3.32. The monoisotopic (exact) mass is 610 g/mol. The molecule has 1 aliphatic heterocycles. The van der Waals surface area contributed by atoms with Gasteiger partial charge in [-0.25, -0.2) is 18.7 Å². The van der Waals surface area contributed by atoms with Gasteiger partial charge in [0.15, 0.2) is 10.2 Å². The third-order valence-electron chi connectivity index (χ3n) is 6.23. The van der Waals surface area contributed by atoms with Crippen LogP contribution in [-0.2, 0) is 15.9 Å². The lowest BCUT2D eigenvalue weighted by Gasteiger charge is -2.20. The summed E-state index contributed by atoms with van der Waals surface area (Å²) in [6, 6.07) is 15.1. The number of halogens is 5. The normalized spacial score (nSPS) is 16.9. The van der Waals surface area contributed by atoms with Gasteiger partial charge in [-0.05, 0) is 42.7 Å². The number of rotatable bonds is 2. The first-order chi connectivity index (χ1) is 19.4. The predicted octanol–water partition coefficient (Wildman–Crippen LogP) is 7.65. The highest BCUT2D eigenvalue weighted by molar-refractivity contribution is 7.92. The number of ether oxygens (including phenoxy) is 1. The van der Waals surface area contributed by atoms with E-state index in [1.807, 2.05) is 0 Å². The van der Waals surface area contributed by atoms with E-state index in [0.29, 0.717) is 25.2 Å². The fourth-order valence-electron chi connectivity index (χ4n) is 4.42. The van der Waals surface area contributed by atoms with Crippen molar-refractivity contribution in [2.75, 3.05) is 16.6 Å². The Bertz CT molecular complexity index is 1660. The highest BCUT2D eigenvalue weighted by atomic mass is 32.2. The van der Waals surface area contributed by atoms with E-state index in [4.69, 9.17) is 0 Å². The first-order valence-electron chi connectivity index (χ1n) is 12.5. The molecule has 0 aliphatic carbocycles. The molecule has 0 radical (unpaired) electrons. The summed E-state index contributed by atoms with van der Waals surface area (Å²) in [6.07, 6.45) is -4.12. The summed E-state index contributed by atoms with van der Waals surface area (Å²) >= 11 is 0.787. The molecule has 216 valence electrons. The molecule has 0 spiro atoms. The summed E-state index contributed by atoms with van der Waals surface area (Å²) in [5.41, 5.74) is -0.136. The van der Waals surface area contributed by atoms with E-state index >= 15 is 8.78 Å². The maximum Gasteiger partial charge on any atom is 0.573 e. The van der Waals surface area contributed by atoms with Gasteiger partial charge in [-0.15, -0.1) is 13.2 Å². The van der Waals surface area contributed by atoms with Gasteiger partial charge in [0.05, 0.1) is 10.6 Å². The van der Waals surface area contributed by atoms with Gasteiger partial charge in [0.25, 0.3) is 15.9 Å². The van der Waals surface area contributed by atoms with Crippen LogP contribution in [0.15, 0.2) is 71.8 Å². The number of thiazole rings is 1. The predicted molar refractivity (Wildman–Crippen MR) is 146 cm³/mol. The smallest absolute Gasteiger partial charge is 0.406 e. The van der Waals surface area contributed by atoms with Crippen molar-refractivity contribution in [3.05, 3.63) is 72.3 Å². The minimum atomic E-state index is -4.95.